The topological polar surface area (TPSA) is 131 Å². The number of esters is 1. The molecule has 0 bridgehead atoms. The Balaban J connectivity index is 1.64. The van der Waals surface area contributed by atoms with Gasteiger partial charge in [0.05, 0.1) is 10.5 Å². The average molecular weight is 390 g/mol. The second kappa shape index (κ2) is 8.24. The molecule has 0 spiro atoms. The molecule has 1 aliphatic heterocycles. The van der Waals surface area contributed by atoms with E-state index in [1.54, 1.807) is 0 Å². The number of benzene rings is 1. The van der Waals surface area contributed by atoms with Gasteiger partial charge >= 0.3 is 12.0 Å². The van der Waals surface area contributed by atoms with Gasteiger partial charge in [0, 0.05) is 25.2 Å². The van der Waals surface area contributed by atoms with Crippen LogP contribution in [0.3, 0.4) is 0 Å². The summed E-state index contributed by atoms with van der Waals surface area (Å²) in [7, 11) is 0. The van der Waals surface area contributed by atoms with Gasteiger partial charge in [-0.15, -0.1) is 0 Å². The van der Waals surface area contributed by atoms with E-state index in [9.17, 15) is 24.5 Å². The zero-order valence-electron chi connectivity index (χ0n) is 15.5. The van der Waals surface area contributed by atoms with Crippen LogP contribution in [0.25, 0.3) is 0 Å². The lowest BCUT2D eigenvalue weighted by molar-refractivity contribution is -0.384. The van der Waals surface area contributed by atoms with Crippen LogP contribution in [0, 0.1) is 10.1 Å². The number of rotatable bonds is 6. The number of carbonyl (C=O) groups is 3. The molecular formula is C18H22N4O6. The average Bonchev–Trinajstić information content (AvgIpc) is 3.29. The van der Waals surface area contributed by atoms with Gasteiger partial charge in [0.15, 0.2) is 6.10 Å². The summed E-state index contributed by atoms with van der Waals surface area (Å²) in [5.41, 5.74) is 0.246. The molecule has 1 saturated carbocycles. The van der Waals surface area contributed by atoms with E-state index < -0.39 is 28.9 Å². The summed E-state index contributed by atoms with van der Waals surface area (Å²) in [5, 5.41) is 16.1. The third kappa shape index (κ3) is 4.76. The van der Waals surface area contributed by atoms with Gasteiger partial charge in [-0.05, 0) is 44.7 Å². The van der Waals surface area contributed by atoms with Gasteiger partial charge in [0.25, 0.3) is 11.6 Å². The highest BCUT2D eigenvalue weighted by molar-refractivity contribution is 5.99. The minimum absolute atomic E-state index is 0.0308. The van der Waals surface area contributed by atoms with E-state index in [2.05, 4.69) is 10.6 Å². The molecule has 2 N–H and O–H groups in total. The summed E-state index contributed by atoms with van der Waals surface area (Å²) in [6, 6.07) is 3.56. The lowest BCUT2D eigenvalue weighted by Gasteiger charge is -2.18. The second-order valence-corrected chi connectivity index (χ2v) is 6.94. The number of nitro groups is 1. The first-order chi connectivity index (χ1) is 13.3. The molecule has 10 nitrogen and oxygen atoms in total. The maximum absolute atomic E-state index is 12.3. The molecule has 1 aromatic carbocycles. The van der Waals surface area contributed by atoms with E-state index in [0.29, 0.717) is 5.69 Å². The second-order valence-electron chi connectivity index (χ2n) is 6.94. The lowest BCUT2D eigenvalue weighted by Crippen LogP contribution is -2.45. The van der Waals surface area contributed by atoms with Crippen LogP contribution in [-0.2, 0) is 9.53 Å². The SMILES string of the molecule is CC(OC(=O)c1ccc(N2CCCC2)c([N+](=O)[O-])c1)C(=O)NC(=O)NC1CC1. The Morgan fingerprint density at radius 2 is 1.93 bits per heavy atom. The number of nitro benzene ring substituents is 1. The van der Waals surface area contributed by atoms with Crippen molar-refractivity contribution in [1.82, 2.24) is 10.6 Å². The standard InChI is InChI=1S/C18H22N4O6/c1-11(16(23)20-18(25)19-13-5-6-13)28-17(24)12-4-7-14(15(10-12)22(26)27)21-8-2-3-9-21/h4,7,10-11,13H,2-3,5-6,8-9H2,1H3,(H2,19,20,23,25). The van der Waals surface area contributed by atoms with Crippen molar-refractivity contribution in [2.24, 2.45) is 0 Å². The van der Waals surface area contributed by atoms with Crippen molar-refractivity contribution in [3.8, 4) is 0 Å². The first-order valence-corrected chi connectivity index (χ1v) is 9.21. The molecule has 3 rings (SSSR count). The minimum Gasteiger partial charge on any atom is -0.449 e. The number of anilines is 1. The normalized spacial score (nSPS) is 17.0. The van der Waals surface area contributed by atoms with E-state index in [1.807, 2.05) is 4.90 Å². The van der Waals surface area contributed by atoms with E-state index in [4.69, 9.17) is 4.74 Å². The predicted octanol–water partition coefficient (Wildman–Crippen LogP) is 1.73. The fourth-order valence-corrected chi connectivity index (χ4v) is 2.97. The number of hydrogen-bond acceptors (Lipinski definition) is 7. The van der Waals surface area contributed by atoms with Gasteiger partial charge in [-0.1, -0.05) is 0 Å². The molecule has 1 atom stereocenters. The summed E-state index contributed by atoms with van der Waals surface area (Å²) in [6.07, 6.45) is 2.44. The smallest absolute Gasteiger partial charge is 0.339 e. The lowest BCUT2D eigenvalue weighted by atomic mass is 10.1. The highest BCUT2D eigenvalue weighted by Gasteiger charge is 2.28. The van der Waals surface area contributed by atoms with E-state index in [-0.39, 0.29) is 17.3 Å². The third-order valence-corrected chi connectivity index (χ3v) is 4.66. The van der Waals surface area contributed by atoms with Crippen LogP contribution in [0.15, 0.2) is 18.2 Å². The Labute approximate surface area is 161 Å². The zero-order valence-corrected chi connectivity index (χ0v) is 15.5. The van der Waals surface area contributed by atoms with Crippen molar-refractivity contribution < 1.29 is 24.0 Å². The number of nitrogens with one attached hydrogen (secondary N) is 2. The van der Waals surface area contributed by atoms with Crippen LogP contribution in [0.5, 0.6) is 0 Å². The van der Waals surface area contributed by atoms with Gasteiger partial charge in [-0.25, -0.2) is 9.59 Å². The molecule has 1 aliphatic carbocycles. The molecule has 150 valence electrons. The molecule has 3 amide bonds. The molecule has 1 saturated heterocycles. The van der Waals surface area contributed by atoms with Crippen molar-refractivity contribution in [3.05, 3.63) is 33.9 Å². The van der Waals surface area contributed by atoms with Crippen LogP contribution in [-0.4, -0.2) is 48.1 Å². The van der Waals surface area contributed by atoms with Crippen molar-refractivity contribution >= 4 is 29.3 Å². The monoisotopic (exact) mass is 390 g/mol. The molecule has 28 heavy (non-hydrogen) atoms. The Morgan fingerprint density at radius 3 is 2.54 bits per heavy atom. The molecule has 1 aromatic rings. The fourth-order valence-electron chi connectivity index (χ4n) is 2.97. The summed E-state index contributed by atoms with van der Waals surface area (Å²) in [4.78, 5) is 48.6. The largest absolute Gasteiger partial charge is 0.449 e. The van der Waals surface area contributed by atoms with E-state index in [1.165, 1.54) is 19.1 Å². The molecular weight excluding hydrogens is 368 g/mol. The highest BCUT2D eigenvalue weighted by Crippen LogP contribution is 2.31. The van der Waals surface area contributed by atoms with Crippen LogP contribution in [0.4, 0.5) is 16.2 Å². The third-order valence-electron chi connectivity index (χ3n) is 4.66. The van der Waals surface area contributed by atoms with Gasteiger partial charge in [-0.2, -0.15) is 0 Å². The zero-order chi connectivity index (χ0) is 20.3. The van der Waals surface area contributed by atoms with Crippen molar-refractivity contribution in [2.75, 3.05) is 18.0 Å². The van der Waals surface area contributed by atoms with Crippen LogP contribution in [0.1, 0.15) is 43.0 Å². The summed E-state index contributed by atoms with van der Waals surface area (Å²) in [6.45, 7) is 2.78. The number of nitrogens with zero attached hydrogens (tertiary/aromatic N) is 2. The molecule has 1 unspecified atom stereocenters. The maximum atomic E-state index is 12.3. The van der Waals surface area contributed by atoms with Crippen molar-refractivity contribution in [2.45, 2.75) is 44.8 Å². The van der Waals surface area contributed by atoms with Crippen molar-refractivity contribution in [1.29, 1.82) is 0 Å². The van der Waals surface area contributed by atoms with Crippen LogP contribution in [0.2, 0.25) is 0 Å². The Hall–Kier alpha value is -3.17. The van der Waals surface area contributed by atoms with Gasteiger partial charge in [-0.3, -0.25) is 20.2 Å². The molecule has 0 radical (unpaired) electrons. The Bertz CT molecular complexity index is 801. The first kappa shape index (κ1) is 19.6. The quantitative estimate of drug-likeness (QED) is 0.429. The molecule has 2 aliphatic rings. The molecule has 2 fully saturated rings. The number of amides is 3. The number of imide groups is 1. The number of hydrogen-bond donors (Lipinski definition) is 2. The van der Waals surface area contributed by atoms with Crippen molar-refractivity contribution in [3.63, 3.8) is 0 Å². The molecule has 1 heterocycles. The highest BCUT2D eigenvalue weighted by atomic mass is 16.6. The fraction of sp³-hybridized carbons (Fsp3) is 0.500. The number of carbonyl (C=O) groups excluding carboxylic acids is 3. The van der Waals surface area contributed by atoms with Gasteiger partial charge in [0.1, 0.15) is 5.69 Å². The Morgan fingerprint density at radius 1 is 1.25 bits per heavy atom. The number of ether oxygens (including phenoxy) is 1. The first-order valence-electron chi connectivity index (χ1n) is 9.21. The van der Waals surface area contributed by atoms with Crippen LogP contribution >= 0.6 is 0 Å². The molecule has 10 heteroatoms. The van der Waals surface area contributed by atoms with E-state index in [0.717, 1.165) is 44.8 Å². The van der Waals surface area contributed by atoms with Gasteiger partial charge in [0.2, 0.25) is 0 Å². The minimum atomic E-state index is -1.23. The number of urea groups is 1. The summed E-state index contributed by atoms with van der Waals surface area (Å²) >= 11 is 0. The predicted molar refractivity (Wildman–Crippen MR) is 99.1 cm³/mol. The Kier molecular flexibility index (Phi) is 5.76. The maximum Gasteiger partial charge on any atom is 0.339 e. The summed E-state index contributed by atoms with van der Waals surface area (Å²) in [5.74, 6) is -1.64. The van der Waals surface area contributed by atoms with Crippen LogP contribution < -0.4 is 15.5 Å². The van der Waals surface area contributed by atoms with Gasteiger partial charge < -0.3 is 15.0 Å². The summed E-state index contributed by atoms with van der Waals surface area (Å²) < 4.78 is 5.05. The molecule has 0 aromatic heterocycles. The van der Waals surface area contributed by atoms with E-state index >= 15 is 0 Å².